The standard InChI is InChI=1S/C21H18N4O2/c1-12(26)25-11-16-20(21(25)27)18(13-5-4-8-22-9-13)14-10-24(2)17-7-3-6-15(23-16)19(14)17/h3-10,18,23H,11H2,1-2H3/t18-/m0/s1. The monoisotopic (exact) mass is 358 g/mol. The van der Waals surface area contributed by atoms with E-state index in [4.69, 9.17) is 0 Å². The molecule has 2 aliphatic rings. The van der Waals surface area contributed by atoms with Gasteiger partial charge < -0.3 is 9.88 Å². The van der Waals surface area contributed by atoms with Crippen LogP contribution < -0.4 is 5.32 Å². The molecule has 27 heavy (non-hydrogen) atoms. The molecule has 0 saturated heterocycles. The van der Waals surface area contributed by atoms with Crippen molar-refractivity contribution in [3.8, 4) is 0 Å². The normalized spacial score (nSPS) is 18.5. The molecule has 6 heteroatoms. The van der Waals surface area contributed by atoms with Gasteiger partial charge in [-0.25, -0.2) is 0 Å². The molecule has 1 atom stereocenters. The topological polar surface area (TPSA) is 67.2 Å². The summed E-state index contributed by atoms with van der Waals surface area (Å²) in [7, 11) is 2.01. The fourth-order valence-corrected chi connectivity index (χ4v) is 4.26. The van der Waals surface area contributed by atoms with Gasteiger partial charge >= 0.3 is 0 Å². The lowest BCUT2D eigenvalue weighted by molar-refractivity contribution is -0.139. The number of imide groups is 1. The number of amides is 2. The maximum atomic E-state index is 13.2. The van der Waals surface area contributed by atoms with E-state index in [2.05, 4.69) is 27.1 Å². The SMILES string of the molecule is CC(=O)N1CC2=C(C1=O)[C@@H](c1cccnc1)c1cn(C)c3cccc(c13)N2. The minimum atomic E-state index is -0.273. The molecule has 0 bridgehead atoms. The van der Waals surface area contributed by atoms with Gasteiger partial charge in [-0.2, -0.15) is 0 Å². The van der Waals surface area contributed by atoms with E-state index < -0.39 is 0 Å². The fraction of sp³-hybridized carbons (Fsp3) is 0.190. The molecule has 0 unspecified atom stereocenters. The lowest BCUT2D eigenvalue weighted by atomic mass is 9.85. The maximum Gasteiger partial charge on any atom is 0.259 e. The smallest absolute Gasteiger partial charge is 0.259 e. The minimum Gasteiger partial charge on any atom is -0.356 e. The van der Waals surface area contributed by atoms with Gasteiger partial charge in [0.05, 0.1) is 17.6 Å². The summed E-state index contributed by atoms with van der Waals surface area (Å²) in [6.07, 6.45) is 5.60. The third-order valence-electron chi connectivity index (χ3n) is 5.44. The Morgan fingerprint density at radius 1 is 1.26 bits per heavy atom. The average Bonchev–Trinajstić information content (AvgIpc) is 3.11. The van der Waals surface area contributed by atoms with E-state index >= 15 is 0 Å². The first-order valence-electron chi connectivity index (χ1n) is 8.86. The summed E-state index contributed by atoms with van der Waals surface area (Å²) in [5, 5.41) is 4.55. The molecule has 0 saturated carbocycles. The summed E-state index contributed by atoms with van der Waals surface area (Å²) < 4.78 is 2.08. The van der Waals surface area contributed by atoms with Gasteiger partial charge in [0.1, 0.15) is 0 Å². The first kappa shape index (κ1) is 15.8. The van der Waals surface area contributed by atoms with Crippen LogP contribution in [0.2, 0.25) is 0 Å². The highest BCUT2D eigenvalue weighted by atomic mass is 16.2. The predicted molar refractivity (Wildman–Crippen MR) is 102 cm³/mol. The Bertz CT molecular complexity index is 1140. The molecule has 0 aliphatic carbocycles. The summed E-state index contributed by atoms with van der Waals surface area (Å²) in [5.74, 6) is -0.750. The summed E-state index contributed by atoms with van der Waals surface area (Å²) in [6, 6.07) is 9.95. The number of anilines is 1. The number of nitrogens with one attached hydrogen (secondary N) is 1. The first-order valence-corrected chi connectivity index (χ1v) is 8.86. The van der Waals surface area contributed by atoms with E-state index in [1.165, 1.54) is 11.8 Å². The second kappa shape index (κ2) is 5.54. The lowest BCUT2D eigenvalue weighted by Crippen LogP contribution is -2.33. The van der Waals surface area contributed by atoms with Crippen LogP contribution in [0, 0.1) is 0 Å². The lowest BCUT2D eigenvalue weighted by Gasteiger charge is -2.19. The van der Waals surface area contributed by atoms with Gasteiger partial charge in [-0.15, -0.1) is 0 Å². The molecule has 0 fully saturated rings. The van der Waals surface area contributed by atoms with Crippen molar-refractivity contribution >= 4 is 28.4 Å². The van der Waals surface area contributed by atoms with Gasteiger partial charge in [-0.3, -0.25) is 19.5 Å². The van der Waals surface area contributed by atoms with E-state index in [0.717, 1.165) is 33.4 Å². The van der Waals surface area contributed by atoms with Crippen LogP contribution in [0.15, 0.2) is 60.2 Å². The Morgan fingerprint density at radius 2 is 2.11 bits per heavy atom. The van der Waals surface area contributed by atoms with Crippen molar-refractivity contribution in [1.29, 1.82) is 0 Å². The summed E-state index contributed by atoms with van der Waals surface area (Å²) >= 11 is 0. The van der Waals surface area contributed by atoms with Gasteiger partial charge in [-0.05, 0) is 29.3 Å². The molecule has 2 aromatic heterocycles. The highest BCUT2D eigenvalue weighted by Gasteiger charge is 2.41. The Morgan fingerprint density at radius 3 is 2.85 bits per heavy atom. The molecular weight excluding hydrogens is 340 g/mol. The number of nitrogens with zero attached hydrogens (tertiary/aromatic N) is 3. The Kier molecular flexibility index (Phi) is 3.25. The van der Waals surface area contributed by atoms with Crippen molar-refractivity contribution in [2.75, 3.05) is 11.9 Å². The Hall–Kier alpha value is -3.41. The first-order chi connectivity index (χ1) is 13.1. The number of carbonyl (C=O) groups is 2. The predicted octanol–water partition coefficient (Wildman–Crippen LogP) is 2.77. The molecule has 5 rings (SSSR count). The van der Waals surface area contributed by atoms with Gasteiger partial charge in [0, 0.05) is 55.3 Å². The van der Waals surface area contributed by atoms with Crippen LogP contribution in [0.25, 0.3) is 10.9 Å². The zero-order valence-electron chi connectivity index (χ0n) is 15.1. The van der Waals surface area contributed by atoms with Crippen molar-refractivity contribution in [3.05, 3.63) is 71.3 Å². The molecule has 3 aromatic rings. The molecule has 0 spiro atoms. The average molecular weight is 358 g/mol. The number of carbonyl (C=O) groups excluding carboxylic acids is 2. The van der Waals surface area contributed by atoms with Crippen molar-refractivity contribution in [1.82, 2.24) is 14.5 Å². The number of benzene rings is 1. The van der Waals surface area contributed by atoms with E-state index in [9.17, 15) is 9.59 Å². The number of rotatable bonds is 1. The molecular formula is C21H18N4O2. The Balaban J connectivity index is 1.82. The van der Waals surface area contributed by atoms with Crippen LogP contribution in [0.5, 0.6) is 0 Å². The molecule has 6 nitrogen and oxygen atoms in total. The number of pyridine rings is 1. The number of hydrogen-bond acceptors (Lipinski definition) is 4. The van der Waals surface area contributed by atoms with Crippen molar-refractivity contribution in [2.24, 2.45) is 7.05 Å². The third-order valence-corrected chi connectivity index (χ3v) is 5.44. The molecule has 4 heterocycles. The summed E-state index contributed by atoms with van der Waals surface area (Å²) in [6.45, 7) is 1.70. The third kappa shape index (κ3) is 2.16. The van der Waals surface area contributed by atoms with E-state index in [1.807, 2.05) is 31.3 Å². The maximum absolute atomic E-state index is 13.2. The number of hydrogen-bond donors (Lipinski definition) is 1. The fourth-order valence-electron chi connectivity index (χ4n) is 4.26. The van der Waals surface area contributed by atoms with Gasteiger partial charge in [-0.1, -0.05) is 12.1 Å². The second-order valence-corrected chi connectivity index (χ2v) is 7.04. The van der Waals surface area contributed by atoms with Crippen LogP contribution in [0.1, 0.15) is 24.0 Å². The molecule has 0 radical (unpaired) electrons. The van der Waals surface area contributed by atoms with Crippen LogP contribution >= 0.6 is 0 Å². The minimum absolute atomic E-state index is 0.233. The largest absolute Gasteiger partial charge is 0.356 e. The van der Waals surface area contributed by atoms with Gasteiger partial charge in [0.2, 0.25) is 5.91 Å². The van der Waals surface area contributed by atoms with Crippen LogP contribution in [0.4, 0.5) is 5.69 Å². The van der Waals surface area contributed by atoms with Crippen molar-refractivity contribution in [3.63, 3.8) is 0 Å². The highest BCUT2D eigenvalue weighted by Crippen LogP contribution is 2.45. The zero-order chi connectivity index (χ0) is 18.7. The van der Waals surface area contributed by atoms with E-state index in [1.54, 1.807) is 12.4 Å². The second-order valence-electron chi connectivity index (χ2n) is 7.04. The van der Waals surface area contributed by atoms with Crippen LogP contribution in [0.3, 0.4) is 0 Å². The van der Waals surface area contributed by atoms with E-state index in [-0.39, 0.29) is 24.3 Å². The molecule has 1 aromatic carbocycles. The molecule has 134 valence electrons. The number of aryl methyl sites for hydroxylation is 1. The number of aromatic nitrogens is 2. The van der Waals surface area contributed by atoms with Crippen LogP contribution in [-0.2, 0) is 16.6 Å². The van der Waals surface area contributed by atoms with Crippen LogP contribution in [-0.4, -0.2) is 32.8 Å². The molecule has 2 aliphatic heterocycles. The van der Waals surface area contributed by atoms with Gasteiger partial charge in [0.25, 0.3) is 5.91 Å². The summed E-state index contributed by atoms with van der Waals surface area (Å²) in [5.41, 5.74) is 5.46. The quantitative estimate of drug-likeness (QED) is 0.726. The highest BCUT2D eigenvalue weighted by molar-refractivity contribution is 6.11. The zero-order valence-corrected chi connectivity index (χ0v) is 15.1. The van der Waals surface area contributed by atoms with Gasteiger partial charge in [0.15, 0.2) is 0 Å². The molecule has 1 N–H and O–H groups in total. The van der Waals surface area contributed by atoms with E-state index in [0.29, 0.717) is 5.57 Å². The Labute approximate surface area is 156 Å². The van der Waals surface area contributed by atoms with Crippen molar-refractivity contribution in [2.45, 2.75) is 12.8 Å². The summed E-state index contributed by atoms with van der Waals surface area (Å²) in [4.78, 5) is 30.7. The van der Waals surface area contributed by atoms with Crippen molar-refractivity contribution < 1.29 is 9.59 Å². The molecule has 2 amide bonds.